The van der Waals surface area contributed by atoms with Crippen LogP contribution >= 0.6 is 11.6 Å². The molecule has 0 radical (unpaired) electrons. The van der Waals surface area contributed by atoms with Gasteiger partial charge >= 0.3 is 0 Å². The Morgan fingerprint density at radius 3 is 2.78 bits per heavy atom. The zero-order valence-electron chi connectivity index (χ0n) is 10.4. The van der Waals surface area contributed by atoms with Crippen molar-refractivity contribution in [1.82, 2.24) is 15.0 Å². The average Bonchev–Trinajstić information content (AvgIpc) is 2.41. The molecule has 4 nitrogen and oxygen atoms in total. The highest BCUT2D eigenvalue weighted by molar-refractivity contribution is 6.16. The molecule has 0 fully saturated rings. The Kier molecular flexibility index (Phi) is 4.10. The Labute approximate surface area is 111 Å². The molecule has 2 heterocycles. The second-order valence-electron chi connectivity index (χ2n) is 3.84. The van der Waals surface area contributed by atoms with E-state index in [1.54, 1.807) is 12.4 Å². The van der Waals surface area contributed by atoms with Crippen molar-refractivity contribution in [2.45, 2.75) is 26.1 Å². The molecule has 0 aliphatic heterocycles. The third kappa shape index (κ3) is 2.96. The quantitative estimate of drug-likeness (QED) is 0.795. The van der Waals surface area contributed by atoms with E-state index in [0.29, 0.717) is 23.2 Å². The van der Waals surface area contributed by atoms with E-state index >= 15 is 0 Å². The minimum absolute atomic E-state index is 0.316. The van der Waals surface area contributed by atoms with Crippen LogP contribution in [0.4, 0.5) is 0 Å². The van der Waals surface area contributed by atoms with Gasteiger partial charge in [0.1, 0.15) is 0 Å². The fourth-order valence-electron chi connectivity index (χ4n) is 1.56. The summed E-state index contributed by atoms with van der Waals surface area (Å²) in [7, 11) is 0. The molecule has 0 aliphatic carbocycles. The van der Waals surface area contributed by atoms with Crippen molar-refractivity contribution in [3.63, 3.8) is 0 Å². The van der Waals surface area contributed by atoms with Crippen molar-refractivity contribution in [1.29, 1.82) is 0 Å². The van der Waals surface area contributed by atoms with E-state index < -0.39 is 0 Å². The molecular formula is C13H14ClN3O. The maximum Gasteiger partial charge on any atom is 0.238 e. The van der Waals surface area contributed by atoms with Gasteiger partial charge in [-0.3, -0.25) is 9.97 Å². The standard InChI is InChI=1S/C13H14ClN3O/c1-3-11-12(5-4-9(2)16-11)18-13-8-15-7-10(6-14)17-13/h4-5,7-8H,3,6H2,1-2H3. The molecule has 0 N–H and O–H groups in total. The molecule has 2 rings (SSSR count). The Balaban J connectivity index is 2.27. The highest BCUT2D eigenvalue weighted by Crippen LogP contribution is 2.23. The van der Waals surface area contributed by atoms with Gasteiger partial charge in [0.15, 0.2) is 5.75 Å². The number of alkyl halides is 1. The Hall–Kier alpha value is -1.68. The van der Waals surface area contributed by atoms with Crippen LogP contribution in [0.2, 0.25) is 0 Å². The van der Waals surface area contributed by atoms with Gasteiger partial charge in [-0.15, -0.1) is 11.6 Å². The lowest BCUT2D eigenvalue weighted by Crippen LogP contribution is -1.98. The van der Waals surface area contributed by atoms with Crippen LogP contribution in [0, 0.1) is 6.92 Å². The maximum atomic E-state index is 5.71. The van der Waals surface area contributed by atoms with Crippen LogP contribution in [0.15, 0.2) is 24.5 Å². The number of nitrogens with zero attached hydrogens (tertiary/aromatic N) is 3. The first kappa shape index (κ1) is 12.8. The van der Waals surface area contributed by atoms with E-state index in [9.17, 15) is 0 Å². The van der Waals surface area contributed by atoms with E-state index in [1.807, 2.05) is 26.0 Å². The van der Waals surface area contributed by atoms with Crippen molar-refractivity contribution in [3.05, 3.63) is 41.6 Å². The second kappa shape index (κ2) is 5.78. The minimum Gasteiger partial charge on any atom is -0.436 e. The fourth-order valence-corrected chi connectivity index (χ4v) is 1.69. The van der Waals surface area contributed by atoms with Crippen molar-refractivity contribution in [2.75, 3.05) is 0 Å². The maximum absolute atomic E-state index is 5.71. The van der Waals surface area contributed by atoms with Gasteiger partial charge < -0.3 is 4.74 Å². The topological polar surface area (TPSA) is 47.9 Å². The number of rotatable bonds is 4. The number of hydrogen-bond acceptors (Lipinski definition) is 4. The predicted octanol–water partition coefficient (Wildman–Crippen LogP) is 3.27. The summed E-state index contributed by atoms with van der Waals surface area (Å²) in [5.74, 6) is 1.47. The van der Waals surface area contributed by atoms with E-state index in [2.05, 4.69) is 15.0 Å². The lowest BCUT2D eigenvalue weighted by Gasteiger charge is -2.09. The van der Waals surface area contributed by atoms with Gasteiger partial charge in [-0.25, -0.2) is 4.98 Å². The molecule has 2 aromatic rings. The molecule has 0 amide bonds. The molecule has 0 spiro atoms. The zero-order valence-corrected chi connectivity index (χ0v) is 11.1. The second-order valence-corrected chi connectivity index (χ2v) is 4.10. The number of pyridine rings is 1. The van der Waals surface area contributed by atoms with Gasteiger partial charge in [-0.05, 0) is 25.5 Å². The molecule has 2 aromatic heterocycles. The zero-order chi connectivity index (χ0) is 13.0. The molecule has 0 saturated heterocycles. The summed E-state index contributed by atoms with van der Waals surface area (Å²) < 4.78 is 5.70. The summed E-state index contributed by atoms with van der Waals surface area (Å²) in [6.45, 7) is 3.99. The lowest BCUT2D eigenvalue weighted by molar-refractivity contribution is 0.450. The Bertz CT molecular complexity index is 546. The van der Waals surface area contributed by atoms with E-state index in [4.69, 9.17) is 16.3 Å². The third-order valence-electron chi connectivity index (χ3n) is 2.42. The SMILES string of the molecule is CCc1nc(C)ccc1Oc1cncc(CCl)n1. The molecule has 94 valence electrons. The Morgan fingerprint density at radius 2 is 2.06 bits per heavy atom. The lowest BCUT2D eigenvalue weighted by atomic mass is 10.2. The van der Waals surface area contributed by atoms with Crippen LogP contribution in [0.1, 0.15) is 24.0 Å². The molecule has 0 atom stereocenters. The van der Waals surface area contributed by atoms with Crippen LogP contribution in [-0.4, -0.2) is 15.0 Å². The first-order valence-electron chi connectivity index (χ1n) is 5.74. The summed E-state index contributed by atoms with van der Waals surface area (Å²) in [4.78, 5) is 12.7. The summed E-state index contributed by atoms with van der Waals surface area (Å²) in [6.07, 6.45) is 3.99. The first-order chi connectivity index (χ1) is 8.72. The van der Waals surface area contributed by atoms with Crippen LogP contribution in [0.3, 0.4) is 0 Å². The van der Waals surface area contributed by atoms with Gasteiger partial charge in [0, 0.05) is 11.9 Å². The van der Waals surface area contributed by atoms with E-state index in [0.717, 1.165) is 17.8 Å². The van der Waals surface area contributed by atoms with Crippen molar-refractivity contribution < 1.29 is 4.74 Å². The molecule has 0 aliphatic rings. The summed E-state index contributed by atoms with van der Waals surface area (Å²) in [6, 6.07) is 3.81. The fraction of sp³-hybridized carbons (Fsp3) is 0.308. The molecular weight excluding hydrogens is 250 g/mol. The normalized spacial score (nSPS) is 10.4. The minimum atomic E-state index is 0.316. The molecule has 0 saturated carbocycles. The largest absolute Gasteiger partial charge is 0.436 e. The highest BCUT2D eigenvalue weighted by atomic mass is 35.5. The number of halogens is 1. The van der Waals surface area contributed by atoms with Crippen LogP contribution in [-0.2, 0) is 12.3 Å². The van der Waals surface area contributed by atoms with Crippen molar-refractivity contribution >= 4 is 11.6 Å². The van der Waals surface area contributed by atoms with Gasteiger partial charge in [-0.1, -0.05) is 6.92 Å². The number of aryl methyl sites for hydroxylation is 2. The smallest absolute Gasteiger partial charge is 0.238 e. The molecule has 0 bridgehead atoms. The number of ether oxygens (including phenoxy) is 1. The first-order valence-corrected chi connectivity index (χ1v) is 6.27. The third-order valence-corrected chi connectivity index (χ3v) is 2.69. The van der Waals surface area contributed by atoms with E-state index in [1.165, 1.54) is 0 Å². The highest BCUT2D eigenvalue weighted by Gasteiger charge is 2.07. The molecule has 0 aromatic carbocycles. The van der Waals surface area contributed by atoms with Gasteiger partial charge in [0.25, 0.3) is 0 Å². The number of aromatic nitrogens is 3. The van der Waals surface area contributed by atoms with Gasteiger partial charge in [-0.2, -0.15) is 0 Å². The molecule has 0 unspecified atom stereocenters. The molecule has 18 heavy (non-hydrogen) atoms. The molecule has 5 heteroatoms. The summed E-state index contributed by atoms with van der Waals surface area (Å²) in [5.41, 5.74) is 2.57. The van der Waals surface area contributed by atoms with Gasteiger partial charge in [0.2, 0.25) is 5.88 Å². The van der Waals surface area contributed by atoms with Crippen LogP contribution in [0.25, 0.3) is 0 Å². The monoisotopic (exact) mass is 263 g/mol. The summed E-state index contributed by atoms with van der Waals surface area (Å²) >= 11 is 5.71. The average molecular weight is 264 g/mol. The van der Waals surface area contributed by atoms with Gasteiger partial charge in [0.05, 0.1) is 23.5 Å². The van der Waals surface area contributed by atoms with Crippen LogP contribution < -0.4 is 4.74 Å². The Morgan fingerprint density at radius 1 is 1.22 bits per heavy atom. The summed E-state index contributed by atoms with van der Waals surface area (Å²) in [5, 5.41) is 0. The van der Waals surface area contributed by atoms with Crippen LogP contribution in [0.5, 0.6) is 11.6 Å². The van der Waals surface area contributed by atoms with Crippen molar-refractivity contribution in [3.8, 4) is 11.6 Å². The predicted molar refractivity (Wildman–Crippen MR) is 70.0 cm³/mol. The number of hydrogen-bond donors (Lipinski definition) is 0. The van der Waals surface area contributed by atoms with E-state index in [-0.39, 0.29) is 0 Å². The van der Waals surface area contributed by atoms with Crippen molar-refractivity contribution in [2.24, 2.45) is 0 Å².